The van der Waals surface area contributed by atoms with Crippen LogP contribution in [0.4, 0.5) is 10.1 Å². The molecule has 0 saturated heterocycles. The van der Waals surface area contributed by atoms with E-state index in [0.717, 1.165) is 24.8 Å². The number of benzene rings is 3. The molecule has 1 aliphatic carbocycles. The molecule has 2 atom stereocenters. The zero-order valence-corrected chi connectivity index (χ0v) is 15.6. The summed E-state index contributed by atoms with van der Waals surface area (Å²) in [6, 6.07) is 23.6. The first kappa shape index (κ1) is 18.4. The van der Waals surface area contributed by atoms with Crippen molar-refractivity contribution >= 4 is 11.6 Å². The SMILES string of the molecule is O=C(Nc1ccc(F)cc1)[C@H](N[C@H]1CCCc2ccccc21)c1ccccc1. The Morgan fingerprint density at radius 1 is 0.929 bits per heavy atom. The summed E-state index contributed by atoms with van der Waals surface area (Å²) in [5, 5.41) is 6.49. The van der Waals surface area contributed by atoms with Crippen LogP contribution in [0.15, 0.2) is 78.9 Å². The fourth-order valence-corrected chi connectivity index (χ4v) is 3.84. The van der Waals surface area contributed by atoms with Crippen molar-refractivity contribution in [2.45, 2.75) is 31.3 Å². The lowest BCUT2D eigenvalue weighted by Crippen LogP contribution is -2.36. The zero-order chi connectivity index (χ0) is 19.3. The van der Waals surface area contributed by atoms with Gasteiger partial charge >= 0.3 is 0 Å². The number of nitrogens with one attached hydrogen (secondary N) is 2. The van der Waals surface area contributed by atoms with Gasteiger partial charge in [0, 0.05) is 11.7 Å². The summed E-state index contributed by atoms with van der Waals surface area (Å²) in [5.41, 5.74) is 4.10. The number of halogens is 1. The average molecular weight is 374 g/mol. The second kappa shape index (κ2) is 8.36. The Bertz CT molecular complexity index is 940. The Balaban J connectivity index is 1.60. The molecule has 0 unspecified atom stereocenters. The predicted octanol–water partition coefficient (Wildman–Crippen LogP) is 5.17. The van der Waals surface area contributed by atoms with E-state index >= 15 is 0 Å². The highest BCUT2D eigenvalue weighted by Gasteiger charge is 2.27. The smallest absolute Gasteiger partial charge is 0.246 e. The van der Waals surface area contributed by atoms with Crippen molar-refractivity contribution in [1.29, 1.82) is 0 Å². The second-order valence-corrected chi connectivity index (χ2v) is 7.15. The van der Waals surface area contributed by atoms with E-state index in [4.69, 9.17) is 0 Å². The summed E-state index contributed by atoms with van der Waals surface area (Å²) < 4.78 is 13.2. The maximum atomic E-state index is 13.2. The molecule has 4 heteroatoms. The van der Waals surface area contributed by atoms with Gasteiger partial charge in [0.2, 0.25) is 5.91 Å². The highest BCUT2D eigenvalue weighted by Crippen LogP contribution is 2.32. The lowest BCUT2D eigenvalue weighted by Gasteiger charge is -2.30. The molecule has 28 heavy (non-hydrogen) atoms. The fraction of sp³-hybridized carbons (Fsp3) is 0.208. The lowest BCUT2D eigenvalue weighted by molar-refractivity contribution is -0.118. The van der Waals surface area contributed by atoms with Crippen LogP contribution in [0.2, 0.25) is 0 Å². The topological polar surface area (TPSA) is 41.1 Å². The molecule has 0 radical (unpaired) electrons. The van der Waals surface area contributed by atoms with E-state index in [0.29, 0.717) is 5.69 Å². The monoisotopic (exact) mass is 374 g/mol. The molecule has 0 fully saturated rings. The molecule has 0 aromatic heterocycles. The number of hydrogen-bond acceptors (Lipinski definition) is 2. The molecule has 142 valence electrons. The van der Waals surface area contributed by atoms with Gasteiger partial charge in [0.05, 0.1) is 0 Å². The Labute approximate surface area is 164 Å². The Kier molecular flexibility index (Phi) is 5.49. The minimum Gasteiger partial charge on any atom is -0.324 e. The number of rotatable bonds is 5. The molecular formula is C24H23FN2O. The van der Waals surface area contributed by atoms with Crippen molar-refractivity contribution in [2.24, 2.45) is 0 Å². The van der Waals surface area contributed by atoms with Gasteiger partial charge in [-0.3, -0.25) is 10.1 Å². The largest absolute Gasteiger partial charge is 0.324 e. The number of carbonyl (C=O) groups is 1. The molecule has 2 N–H and O–H groups in total. The van der Waals surface area contributed by atoms with Gasteiger partial charge in [0.25, 0.3) is 0 Å². The number of anilines is 1. The van der Waals surface area contributed by atoms with Gasteiger partial charge in [0.1, 0.15) is 11.9 Å². The molecular weight excluding hydrogens is 351 g/mol. The summed E-state index contributed by atoms with van der Waals surface area (Å²) in [4.78, 5) is 13.1. The van der Waals surface area contributed by atoms with Crippen molar-refractivity contribution < 1.29 is 9.18 Å². The van der Waals surface area contributed by atoms with E-state index in [-0.39, 0.29) is 17.8 Å². The molecule has 0 bridgehead atoms. The van der Waals surface area contributed by atoms with Gasteiger partial charge in [-0.15, -0.1) is 0 Å². The molecule has 0 saturated carbocycles. The lowest BCUT2D eigenvalue weighted by atomic mass is 9.87. The summed E-state index contributed by atoms with van der Waals surface area (Å²) in [6.45, 7) is 0. The van der Waals surface area contributed by atoms with E-state index in [1.807, 2.05) is 30.3 Å². The molecule has 4 rings (SSSR count). The van der Waals surface area contributed by atoms with Crippen molar-refractivity contribution in [2.75, 3.05) is 5.32 Å². The molecule has 0 aliphatic heterocycles. The van der Waals surface area contributed by atoms with Crippen LogP contribution in [-0.4, -0.2) is 5.91 Å². The van der Waals surface area contributed by atoms with Crippen LogP contribution in [-0.2, 0) is 11.2 Å². The molecule has 1 amide bonds. The number of amides is 1. The summed E-state index contributed by atoms with van der Waals surface area (Å²) in [7, 11) is 0. The third-order valence-corrected chi connectivity index (χ3v) is 5.24. The molecule has 3 aromatic carbocycles. The van der Waals surface area contributed by atoms with Crippen LogP contribution < -0.4 is 10.6 Å². The highest BCUT2D eigenvalue weighted by molar-refractivity contribution is 5.95. The van der Waals surface area contributed by atoms with Crippen LogP contribution in [0.3, 0.4) is 0 Å². The van der Waals surface area contributed by atoms with Gasteiger partial charge in [-0.05, 0) is 60.2 Å². The third kappa shape index (κ3) is 4.12. The first-order valence-corrected chi connectivity index (χ1v) is 9.66. The van der Waals surface area contributed by atoms with Crippen LogP contribution in [0.5, 0.6) is 0 Å². The maximum absolute atomic E-state index is 13.2. The van der Waals surface area contributed by atoms with Crippen LogP contribution >= 0.6 is 0 Å². The fourth-order valence-electron chi connectivity index (χ4n) is 3.84. The van der Waals surface area contributed by atoms with Gasteiger partial charge in [-0.1, -0.05) is 54.6 Å². The quantitative estimate of drug-likeness (QED) is 0.647. The van der Waals surface area contributed by atoms with Gasteiger partial charge in [0.15, 0.2) is 0 Å². The van der Waals surface area contributed by atoms with Gasteiger partial charge in [-0.2, -0.15) is 0 Å². The van der Waals surface area contributed by atoms with Crippen LogP contribution in [0, 0.1) is 5.82 Å². The number of hydrogen-bond donors (Lipinski definition) is 2. The van der Waals surface area contributed by atoms with Crippen molar-refractivity contribution in [3.8, 4) is 0 Å². The number of carbonyl (C=O) groups excluding carboxylic acids is 1. The van der Waals surface area contributed by atoms with E-state index in [1.165, 1.54) is 23.3 Å². The Hall–Kier alpha value is -2.98. The van der Waals surface area contributed by atoms with Crippen molar-refractivity contribution in [3.05, 3.63) is 101 Å². The normalized spacial score (nSPS) is 16.8. The van der Waals surface area contributed by atoms with E-state index in [9.17, 15) is 9.18 Å². The number of aryl methyl sites for hydroxylation is 1. The maximum Gasteiger partial charge on any atom is 0.246 e. The third-order valence-electron chi connectivity index (χ3n) is 5.24. The first-order valence-electron chi connectivity index (χ1n) is 9.66. The average Bonchev–Trinajstić information content (AvgIpc) is 2.74. The Morgan fingerprint density at radius 3 is 2.43 bits per heavy atom. The standard InChI is InChI=1S/C24H23FN2O/c25-19-13-15-20(16-14-19)26-24(28)23(18-8-2-1-3-9-18)27-22-12-6-10-17-7-4-5-11-21(17)22/h1-5,7-9,11,13-16,22-23,27H,6,10,12H2,(H,26,28)/t22-,23+/m0/s1. The van der Waals surface area contributed by atoms with E-state index in [2.05, 4.69) is 34.9 Å². The molecule has 3 nitrogen and oxygen atoms in total. The summed E-state index contributed by atoms with van der Waals surface area (Å²) >= 11 is 0. The van der Waals surface area contributed by atoms with Crippen LogP contribution in [0.25, 0.3) is 0 Å². The highest BCUT2D eigenvalue weighted by atomic mass is 19.1. The van der Waals surface area contributed by atoms with Gasteiger partial charge in [-0.25, -0.2) is 4.39 Å². The molecule has 1 aliphatic rings. The molecule has 0 heterocycles. The van der Waals surface area contributed by atoms with Crippen LogP contribution in [0.1, 0.15) is 41.6 Å². The van der Waals surface area contributed by atoms with E-state index < -0.39 is 6.04 Å². The minimum absolute atomic E-state index is 0.120. The van der Waals surface area contributed by atoms with Crippen molar-refractivity contribution in [3.63, 3.8) is 0 Å². The molecule has 0 spiro atoms. The summed E-state index contributed by atoms with van der Waals surface area (Å²) in [5.74, 6) is -0.476. The Morgan fingerprint density at radius 2 is 1.64 bits per heavy atom. The zero-order valence-electron chi connectivity index (χ0n) is 15.6. The second-order valence-electron chi connectivity index (χ2n) is 7.15. The molecule has 3 aromatic rings. The van der Waals surface area contributed by atoms with Crippen molar-refractivity contribution in [1.82, 2.24) is 5.32 Å². The van der Waals surface area contributed by atoms with E-state index in [1.54, 1.807) is 12.1 Å². The minimum atomic E-state index is -0.498. The number of fused-ring (bicyclic) bond motifs is 1. The predicted molar refractivity (Wildman–Crippen MR) is 109 cm³/mol. The summed E-state index contributed by atoms with van der Waals surface area (Å²) in [6.07, 6.45) is 3.16. The first-order chi connectivity index (χ1) is 13.7. The van der Waals surface area contributed by atoms with Gasteiger partial charge < -0.3 is 5.32 Å².